The molecule has 144 valence electrons. The van der Waals surface area contributed by atoms with Crippen LogP contribution in [-0.2, 0) is 22.7 Å². The van der Waals surface area contributed by atoms with Gasteiger partial charge >= 0.3 is 0 Å². The highest BCUT2D eigenvalue weighted by molar-refractivity contribution is 6.05. The smallest absolute Gasteiger partial charge is 0.255 e. The Kier molecular flexibility index (Phi) is 4.74. The fraction of sp³-hybridized carbons (Fsp3) is 0.550. The highest BCUT2D eigenvalue weighted by atomic mass is 16.2. The molecular formula is C20H26N4O3. The lowest BCUT2D eigenvalue weighted by Gasteiger charge is -2.29. The molecule has 0 spiro atoms. The van der Waals surface area contributed by atoms with E-state index in [0.29, 0.717) is 30.5 Å². The Morgan fingerprint density at radius 3 is 2.78 bits per heavy atom. The number of nitrogens with two attached hydrogens (primary N) is 1. The van der Waals surface area contributed by atoms with Gasteiger partial charge in [0.05, 0.1) is 0 Å². The fourth-order valence-corrected chi connectivity index (χ4v) is 4.13. The number of imide groups is 1. The Morgan fingerprint density at radius 1 is 1.26 bits per heavy atom. The summed E-state index contributed by atoms with van der Waals surface area (Å²) in [5.74, 6) is -0.763. The molecule has 3 amide bonds. The summed E-state index contributed by atoms with van der Waals surface area (Å²) in [4.78, 5) is 38.0. The second-order valence-electron chi connectivity index (χ2n) is 7.97. The summed E-state index contributed by atoms with van der Waals surface area (Å²) in [6.45, 7) is 2.78. The quantitative estimate of drug-likeness (QED) is 0.483. The lowest BCUT2D eigenvalue weighted by Crippen LogP contribution is -2.52. The fourth-order valence-electron chi connectivity index (χ4n) is 4.13. The van der Waals surface area contributed by atoms with Gasteiger partial charge in [-0.1, -0.05) is 12.1 Å². The SMILES string of the molecule is NCC1(CCNCc2cccc3c2CN(C2CCC(=O)NC2=O)C3=O)CC1. The van der Waals surface area contributed by atoms with Gasteiger partial charge in [-0.3, -0.25) is 19.7 Å². The summed E-state index contributed by atoms with van der Waals surface area (Å²) in [5.41, 5.74) is 8.93. The third-order valence-corrected chi connectivity index (χ3v) is 6.22. The Hall–Kier alpha value is -2.25. The van der Waals surface area contributed by atoms with Gasteiger partial charge in [0.25, 0.3) is 5.91 Å². The first-order valence-corrected chi connectivity index (χ1v) is 9.69. The predicted molar refractivity (Wildman–Crippen MR) is 99.5 cm³/mol. The third-order valence-electron chi connectivity index (χ3n) is 6.22. The average molecular weight is 370 g/mol. The van der Waals surface area contributed by atoms with Gasteiger partial charge in [-0.2, -0.15) is 0 Å². The van der Waals surface area contributed by atoms with Crippen molar-refractivity contribution in [1.29, 1.82) is 0 Å². The van der Waals surface area contributed by atoms with Crippen LogP contribution in [0, 0.1) is 5.41 Å². The minimum Gasteiger partial charge on any atom is -0.330 e. The number of carbonyl (C=O) groups excluding carboxylic acids is 3. The van der Waals surface area contributed by atoms with Crippen molar-refractivity contribution in [2.24, 2.45) is 11.1 Å². The standard InChI is InChI=1S/C20H26N4O3/c21-12-20(6-7-20)8-9-22-10-13-2-1-3-14-15(13)11-24(19(14)27)16-4-5-17(25)23-18(16)26/h1-3,16,22H,4-12,21H2,(H,23,25,26). The van der Waals surface area contributed by atoms with Gasteiger partial charge in [-0.15, -0.1) is 0 Å². The lowest BCUT2D eigenvalue weighted by atomic mass is 10.0. The van der Waals surface area contributed by atoms with Crippen LogP contribution in [-0.4, -0.2) is 41.8 Å². The van der Waals surface area contributed by atoms with Crippen molar-refractivity contribution in [3.63, 3.8) is 0 Å². The molecule has 27 heavy (non-hydrogen) atoms. The van der Waals surface area contributed by atoms with Crippen LogP contribution in [0.25, 0.3) is 0 Å². The van der Waals surface area contributed by atoms with Crippen LogP contribution in [0.2, 0.25) is 0 Å². The molecule has 1 aliphatic carbocycles. The summed E-state index contributed by atoms with van der Waals surface area (Å²) >= 11 is 0. The van der Waals surface area contributed by atoms with Crippen molar-refractivity contribution >= 4 is 17.7 Å². The van der Waals surface area contributed by atoms with Crippen LogP contribution in [0.1, 0.15) is 53.6 Å². The average Bonchev–Trinajstić information content (AvgIpc) is 3.37. The zero-order valence-electron chi connectivity index (χ0n) is 15.4. The topological polar surface area (TPSA) is 105 Å². The molecular weight excluding hydrogens is 344 g/mol. The first-order chi connectivity index (χ1) is 13.0. The highest BCUT2D eigenvalue weighted by Crippen LogP contribution is 2.47. The van der Waals surface area contributed by atoms with Gasteiger partial charge in [-0.25, -0.2) is 0 Å². The predicted octanol–water partition coefficient (Wildman–Crippen LogP) is 0.666. The molecule has 1 saturated heterocycles. The van der Waals surface area contributed by atoms with E-state index >= 15 is 0 Å². The Labute approximate surface area is 158 Å². The molecule has 2 fully saturated rings. The minimum absolute atomic E-state index is 0.124. The van der Waals surface area contributed by atoms with Gasteiger partial charge in [0, 0.05) is 25.1 Å². The Bertz CT molecular complexity index is 787. The van der Waals surface area contributed by atoms with E-state index in [1.54, 1.807) is 4.90 Å². The van der Waals surface area contributed by atoms with Crippen LogP contribution in [0.4, 0.5) is 0 Å². The molecule has 2 heterocycles. The number of nitrogens with one attached hydrogen (secondary N) is 2. The molecule has 0 bridgehead atoms. The van der Waals surface area contributed by atoms with Crippen molar-refractivity contribution < 1.29 is 14.4 Å². The van der Waals surface area contributed by atoms with Gasteiger partial charge in [0.2, 0.25) is 11.8 Å². The van der Waals surface area contributed by atoms with Gasteiger partial charge in [0.1, 0.15) is 6.04 Å². The van der Waals surface area contributed by atoms with Gasteiger partial charge in [0.15, 0.2) is 0 Å². The van der Waals surface area contributed by atoms with Crippen molar-refractivity contribution in [3.05, 3.63) is 34.9 Å². The summed E-state index contributed by atoms with van der Waals surface area (Å²) < 4.78 is 0. The normalized spacial score (nSPS) is 23.4. The van der Waals surface area contributed by atoms with Crippen molar-refractivity contribution in [1.82, 2.24) is 15.5 Å². The first kappa shape index (κ1) is 18.1. The monoisotopic (exact) mass is 370 g/mol. The molecule has 7 heteroatoms. The van der Waals surface area contributed by atoms with E-state index in [9.17, 15) is 14.4 Å². The molecule has 0 aromatic heterocycles. The maximum Gasteiger partial charge on any atom is 0.255 e. The number of amides is 3. The van der Waals surface area contributed by atoms with E-state index in [4.69, 9.17) is 5.73 Å². The zero-order chi connectivity index (χ0) is 19.0. The van der Waals surface area contributed by atoms with E-state index < -0.39 is 6.04 Å². The molecule has 7 nitrogen and oxygen atoms in total. The van der Waals surface area contributed by atoms with Crippen molar-refractivity contribution in [2.45, 2.75) is 51.2 Å². The summed E-state index contributed by atoms with van der Waals surface area (Å²) in [6.07, 6.45) is 4.19. The van der Waals surface area contributed by atoms with Gasteiger partial charge in [-0.05, 0) is 61.4 Å². The summed E-state index contributed by atoms with van der Waals surface area (Å²) in [7, 11) is 0. The van der Waals surface area contributed by atoms with E-state index in [-0.39, 0.29) is 24.1 Å². The zero-order valence-corrected chi connectivity index (χ0v) is 15.4. The third kappa shape index (κ3) is 3.49. The molecule has 3 aliphatic rings. The number of fused-ring (bicyclic) bond motifs is 1. The largest absolute Gasteiger partial charge is 0.330 e. The number of benzene rings is 1. The Morgan fingerprint density at radius 2 is 2.07 bits per heavy atom. The van der Waals surface area contributed by atoms with E-state index in [2.05, 4.69) is 10.6 Å². The van der Waals surface area contributed by atoms with Crippen LogP contribution >= 0.6 is 0 Å². The second kappa shape index (κ2) is 7.05. The Balaban J connectivity index is 1.41. The number of hydrogen-bond acceptors (Lipinski definition) is 5. The van der Waals surface area contributed by atoms with Crippen LogP contribution in [0.5, 0.6) is 0 Å². The van der Waals surface area contributed by atoms with Gasteiger partial charge < -0.3 is 16.0 Å². The lowest BCUT2D eigenvalue weighted by molar-refractivity contribution is -0.136. The molecule has 4 N–H and O–H groups in total. The van der Waals surface area contributed by atoms with E-state index in [1.165, 1.54) is 12.8 Å². The molecule has 4 rings (SSSR count). The van der Waals surface area contributed by atoms with Crippen molar-refractivity contribution in [3.8, 4) is 0 Å². The molecule has 1 unspecified atom stereocenters. The molecule has 0 radical (unpaired) electrons. The number of carbonyl (C=O) groups is 3. The molecule has 2 aliphatic heterocycles. The number of piperidine rings is 1. The number of hydrogen-bond donors (Lipinski definition) is 3. The second-order valence-corrected chi connectivity index (χ2v) is 7.97. The molecule has 1 aromatic carbocycles. The van der Waals surface area contributed by atoms with Crippen LogP contribution in [0.3, 0.4) is 0 Å². The minimum atomic E-state index is -0.567. The number of rotatable bonds is 7. The summed E-state index contributed by atoms with van der Waals surface area (Å²) in [5, 5.41) is 5.82. The first-order valence-electron chi connectivity index (χ1n) is 9.69. The van der Waals surface area contributed by atoms with Crippen LogP contribution in [0.15, 0.2) is 18.2 Å². The maximum absolute atomic E-state index is 12.8. The molecule has 1 saturated carbocycles. The highest BCUT2D eigenvalue weighted by Gasteiger charge is 2.41. The van der Waals surface area contributed by atoms with Crippen LogP contribution < -0.4 is 16.4 Å². The number of nitrogens with zero attached hydrogens (tertiary/aromatic N) is 1. The van der Waals surface area contributed by atoms with E-state index in [0.717, 1.165) is 30.6 Å². The van der Waals surface area contributed by atoms with E-state index in [1.807, 2.05) is 18.2 Å². The molecule has 1 atom stereocenters. The van der Waals surface area contributed by atoms with Crippen molar-refractivity contribution in [2.75, 3.05) is 13.1 Å². The molecule has 1 aromatic rings. The summed E-state index contributed by atoms with van der Waals surface area (Å²) in [6, 6.07) is 5.18. The maximum atomic E-state index is 12.8.